The highest BCUT2D eigenvalue weighted by Gasteiger charge is 2.33. The normalized spacial score (nSPS) is 16.5. The van der Waals surface area contributed by atoms with Crippen LogP contribution >= 0.6 is 22.9 Å². The number of halogens is 3. The van der Waals surface area contributed by atoms with Crippen LogP contribution in [-0.4, -0.2) is 17.4 Å². The standard InChI is InChI=1S/C25H22ClF2NOS/c1-16-7-3-5-9-18(16)20-14-29(15-22-19(20)13-23(26)31-22)24(30)11-12-25(27,28)21-10-6-4-8-17(21)2/h3-13,20H,14-15H2,1-2H3/b12-11+/t20-/m0/s1. The molecule has 0 saturated heterocycles. The molecule has 4 rings (SSSR count). The molecular formula is C25H22ClF2NOS. The van der Waals surface area contributed by atoms with Crippen LogP contribution in [0.5, 0.6) is 0 Å². The fraction of sp³-hybridized carbons (Fsp3) is 0.240. The average molecular weight is 458 g/mol. The molecule has 3 aromatic rings. The van der Waals surface area contributed by atoms with Gasteiger partial charge in [-0.3, -0.25) is 4.79 Å². The Labute approximate surface area is 189 Å². The lowest BCUT2D eigenvalue weighted by Gasteiger charge is -2.33. The molecule has 0 unspecified atom stereocenters. The van der Waals surface area contributed by atoms with Gasteiger partial charge in [0.1, 0.15) is 0 Å². The van der Waals surface area contributed by atoms with Crippen molar-refractivity contribution < 1.29 is 13.6 Å². The first kappa shape index (κ1) is 21.7. The second kappa shape index (κ2) is 8.56. The largest absolute Gasteiger partial charge is 0.333 e. The van der Waals surface area contributed by atoms with Gasteiger partial charge in [0, 0.05) is 29.0 Å². The molecule has 1 aliphatic heterocycles. The number of carbonyl (C=O) groups excluding carboxylic acids is 1. The lowest BCUT2D eigenvalue weighted by Crippen LogP contribution is -2.37. The van der Waals surface area contributed by atoms with Crippen molar-refractivity contribution in [3.63, 3.8) is 0 Å². The molecule has 0 aliphatic carbocycles. The van der Waals surface area contributed by atoms with E-state index < -0.39 is 11.8 Å². The molecule has 160 valence electrons. The predicted octanol–water partition coefficient (Wildman–Crippen LogP) is 6.84. The number of hydrogen-bond acceptors (Lipinski definition) is 2. The second-order valence-corrected chi connectivity index (χ2v) is 9.60. The first-order chi connectivity index (χ1) is 14.8. The summed E-state index contributed by atoms with van der Waals surface area (Å²) in [5, 5.41) is 0. The minimum atomic E-state index is -3.22. The summed E-state index contributed by atoms with van der Waals surface area (Å²) in [5.41, 5.74) is 3.74. The van der Waals surface area contributed by atoms with Crippen LogP contribution in [0.4, 0.5) is 8.78 Å². The number of nitrogens with zero attached hydrogens (tertiary/aromatic N) is 1. The summed E-state index contributed by atoms with van der Waals surface area (Å²) in [6.07, 6.45) is 1.71. The Morgan fingerprint density at radius 3 is 2.48 bits per heavy atom. The van der Waals surface area contributed by atoms with Crippen molar-refractivity contribution in [2.45, 2.75) is 32.2 Å². The minimum absolute atomic E-state index is 0.0390. The van der Waals surface area contributed by atoms with Gasteiger partial charge in [0.05, 0.1) is 10.9 Å². The van der Waals surface area contributed by atoms with Crippen molar-refractivity contribution in [2.24, 2.45) is 0 Å². The van der Waals surface area contributed by atoms with Crippen molar-refractivity contribution in [2.75, 3.05) is 6.54 Å². The van der Waals surface area contributed by atoms with E-state index in [-0.39, 0.29) is 11.5 Å². The quantitative estimate of drug-likeness (QED) is 0.393. The number of amides is 1. The van der Waals surface area contributed by atoms with Crippen molar-refractivity contribution in [1.29, 1.82) is 0 Å². The van der Waals surface area contributed by atoms with Gasteiger partial charge >= 0.3 is 0 Å². The Kier molecular flexibility index (Phi) is 6.00. The van der Waals surface area contributed by atoms with Crippen molar-refractivity contribution >= 4 is 28.8 Å². The Balaban J connectivity index is 1.61. The summed E-state index contributed by atoms with van der Waals surface area (Å²) in [7, 11) is 0. The molecule has 6 heteroatoms. The zero-order chi connectivity index (χ0) is 22.2. The fourth-order valence-electron chi connectivity index (χ4n) is 4.11. The summed E-state index contributed by atoms with van der Waals surface area (Å²) in [6, 6.07) is 16.3. The molecule has 0 radical (unpaired) electrons. The van der Waals surface area contributed by atoms with E-state index in [0.717, 1.165) is 27.6 Å². The third-order valence-electron chi connectivity index (χ3n) is 5.74. The Morgan fingerprint density at radius 1 is 1.10 bits per heavy atom. The zero-order valence-electron chi connectivity index (χ0n) is 17.2. The number of allylic oxidation sites excluding steroid dienone is 1. The SMILES string of the molecule is Cc1ccccc1[C@@H]1CN(C(=O)/C=C/C(F)(F)c2ccccc2C)Cc2sc(Cl)cc21. The maximum atomic E-state index is 14.7. The maximum absolute atomic E-state index is 14.7. The molecule has 2 heterocycles. The molecule has 1 aromatic heterocycles. The van der Waals surface area contributed by atoms with Crippen LogP contribution in [0.1, 0.15) is 38.6 Å². The van der Waals surface area contributed by atoms with Gasteiger partial charge in [-0.2, -0.15) is 8.78 Å². The van der Waals surface area contributed by atoms with E-state index >= 15 is 0 Å². The van der Waals surface area contributed by atoms with Gasteiger partial charge in [-0.05, 0) is 48.2 Å². The third-order valence-corrected chi connectivity index (χ3v) is 7.00. The van der Waals surface area contributed by atoms with Gasteiger partial charge in [0.25, 0.3) is 5.92 Å². The summed E-state index contributed by atoms with van der Waals surface area (Å²) in [4.78, 5) is 15.5. The fourth-order valence-corrected chi connectivity index (χ4v) is 5.47. The van der Waals surface area contributed by atoms with Crippen LogP contribution in [0, 0.1) is 13.8 Å². The summed E-state index contributed by atoms with van der Waals surface area (Å²) >= 11 is 7.71. The lowest BCUT2D eigenvalue weighted by atomic mass is 9.86. The second-order valence-electron chi connectivity index (χ2n) is 7.83. The van der Waals surface area contributed by atoms with Gasteiger partial charge in [-0.15, -0.1) is 11.3 Å². The van der Waals surface area contributed by atoms with Gasteiger partial charge in [0.15, 0.2) is 0 Å². The van der Waals surface area contributed by atoms with Crippen molar-refractivity contribution in [1.82, 2.24) is 4.90 Å². The molecular weight excluding hydrogens is 436 g/mol. The molecule has 1 atom stereocenters. The number of benzene rings is 2. The van der Waals surface area contributed by atoms with E-state index in [1.54, 1.807) is 30.0 Å². The van der Waals surface area contributed by atoms with E-state index in [9.17, 15) is 13.6 Å². The number of hydrogen-bond donors (Lipinski definition) is 0. The molecule has 2 nitrogen and oxygen atoms in total. The van der Waals surface area contributed by atoms with Gasteiger partial charge < -0.3 is 4.90 Å². The Morgan fingerprint density at radius 2 is 1.77 bits per heavy atom. The number of thiophene rings is 1. The van der Waals surface area contributed by atoms with E-state index in [0.29, 0.717) is 29.1 Å². The Hall–Kier alpha value is -2.50. The highest BCUT2D eigenvalue weighted by atomic mass is 35.5. The molecule has 1 aliphatic rings. The smallest absolute Gasteiger partial charge is 0.292 e. The first-order valence-electron chi connectivity index (χ1n) is 10.0. The topological polar surface area (TPSA) is 20.3 Å². The third kappa shape index (κ3) is 4.43. The van der Waals surface area contributed by atoms with Crippen molar-refractivity contribution in [3.05, 3.63) is 104 Å². The molecule has 1 amide bonds. The molecule has 0 bridgehead atoms. The minimum Gasteiger partial charge on any atom is -0.333 e. The van der Waals surface area contributed by atoms with Crippen LogP contribution in [0.25, 0.3) is 0 Å². The van der Waals surface area contributed by atoms with Gasteiger partial charge in [-0.25, -0.2) is 0 Å². The molecule has 0 spiro atoms. The number of fused-ring (bicyclic) bond motifs is 1. The molecule has 2 aromatic carbocycles. The molecule has 0 N–H and O–H groups in total. The van der Waals surface area contributed by atoms with Crippen LogP contribution in [0.3, 0.4) is 0 Å². The summed E-state index contributed by atoms with van der Waals surface area (Å²) in [5.74, 6) is -3.69. The molecule has 0 fully saturated rings. The van der Waals surface area contributed by atoms with E-state index in [4.69, 9.17) is 11.6 Å². The zero-order valence-corrected chi connectivity index (χ0v) is 18.8. The maximum Gasteiger partial charge on any atom is 0.292 e. The van der Waals surface area contributed by atoms with Crippen LogP contribution in [0.15, 0.2) is 66.7 Å². The molecule has 0 saturated carbocycles. The highest BCUT2D eigenvalue weighted by Crippen LogP contribution is 2.41. The number of alkyl halides is 2. The van der Waals surface area contributed by atoms with Crippen LogP contribution in [0.2, 0.25) is 4.34 Å². The van der Waals surface area contributed by atoms with Gasteiger partial charge in [-0.1, -0.05) is 60.1 Å². The van der Waals surface area contributed by atoms with Crippen molar-refractivity contribution in [3.8, 4) is 0 Å². The highest BCUT2D eigenvalue weighted by molar-refractivity contribution is 7.16. The predicted molar refractivity (Wildman–Crippen MR) is 122 cm³/mol. The summed E-state index contributed by atoms with van der Waals surface area (Å²) in [6.45, 7) is 4.46. The summed E-state index contributed by atoms with van der Waals surface area (Å²) < 4.78 is 30.1. The number of aryl methyl sites for hydroxylation is 2. The van der Waals surface area contributed by atoms with E-state index in [1.807, 2.05) is 37.3 Å². The van der Waals surface area contributed by atoms with Crippen LogP contribution in [-0.2, 0) is 17.3 Å². The van der Waals surface area contributed by atoms with E-state index in [1.165, 1.54) is 17.4 Å². The number of rotatable bonds is 4. The lowest BCUT2D eigenvalue weighted by molar-refractivity contribution is -0.127. The average Bonchev–Trinajstić information content (AvgIpc) is 3.12. The monoisotopic (exact) mass is 457 g/mol. The first-order valence-corrected chi connectivity index (χ1v) is 11.2. The van der Waals surface area contributed by atoms with E-state index in [2.05, 4.69) is 0 Å². The van der Waals surface area contributed by atoms with Gasteiger partial charge in [0.2, 0.25) is 5.91 Å². The molecule has 31 heavy (non-hydrogen) atoms. The number of carbonyl (C=O) groups is 1. The van der Waals surface area contributed by atoms with Crippen LogP contribution < -0.4 is 0 Å². The Bertz CT molecular complexity index is 1150.